The molecule has 2 aliphatic rings. The molecule has 3 aromatic rings. The second-order valence-electron chi connectivity index (χ2n) is 8.66. The van der Waals surface area contributed by atoms with E-state index >= 15 is 0 Å². The van der Waals surface area contributed by atoms with Crippen LogP contribution in [-0.4, -0.2) is 65.5 Å². The van der Waals surface area contributed by atoms with E-state index in [-0.39, 0.29) is 17.9 Å². The molecule has 1 aromatic carbocycles. The first-order valence-electron chi connectivity index (χ1n) is 11.1. The molecule has 1 fully saturated rings. The summed E-state index contributed by atoms with van der Waals surface area (Å²) in [6.07, 6.45) is 4.39. The van der Waals surface area contributed by atoms with Gasteiger partial charge in [0.2, 0.25) is 0 Å². The van der Waals surface area contributed by atoms with Gasteiger partial charge in [0.1, 0.15) is 0 Å². The van der Waals surface area contributed by atoms with Gasteiger partial charge in [-0.2, -0.15) is 5.10 Å². The molecule has 0 aliphatic carbocycles. The van der Waals surface area contributed by atoms with Gasteiger partial charge in [0.05, 0.1) is 18.8 Å². The lowest BCUT2D eigenvalue weighted by molar-refractivity contribution is 0.0709. The molecule has 1 atom stereocenters. The highest BCUT2D eigenvalue weighted by atomic mass is 16.2. The van der Waals surface area contributed by atoms with E-state index in [9.17, 15) is 9.59 Å². The van der Waals surface area contributed by atoms with Crippen LogP contribution < -0.4 is 0 Å². The molecule has 2 amide bonds. The molecule has 32 heavy (non-hydrogen) atoms. The Labute approximate surface area is 186 Å². The number of carbonyl (C=O) groups is 2. The number of rotatable bonds is 4. The summed E-state index contributed by atoms with van der Waals surface area (Å²) in [4.78, 5) is 29.7. The average Bonchev–Trinajstić information content (AvgIpc) is 3.54. The highest BCUT2D eigenvalue weighted by Crippen LogP contribution is 2.22. The van der Waals surface area contributed by atoms with Crippen LogP contribution in [0, 0.1) is 6.92 Å². The monoisotopic (exact) mass is 433 g/mol. The molecule has 0 spiro atoms. The molecule has 1 saturated heterocycles. The van der Waals surface area contributed by atoms with E-state index in [4.69, 9.17) is 0 Å². The maximum atomic E-state index is 13.0. The first-order chi connectivity index (χ1) is 15.5. The predicted octanol–water partition coefficient (Wildman–Crippen LogP) is 1.82. The standard InChI is InChI=1S/C23H27N7O2/c1-16-12-20(25-27(16)2)23(32)30-10-5-8-19(30)14-29-15-21(24-26-29)22(31)28-11-9-17-6-3-4-7-18(17)13-28/h3-4,6-7,12,15,19H,5,8-11,13-14H2,1-2H3/t19-/m0/s1. The van der Waals surface area contributed by atoms with Gasteiger partial charge in [0.25, 0.3) is 11.8 Å². The number of nitrogens with zero attached hydrogens (tertiary/aromatic N) is 7. The Morgan fingerprint density at radius 1 is 1.09 bits per heavy atom. The van der Waals surface area contributed by atoms with Crippen molar-refractivity contribution in [2.45, 2.75) is 45.3 Å². The molecule has 2 aromatic heterocycles. The van der Waals surface area contributed by atoms with Gasteiger partial charge >= 0.3 is 0 Å². The van der Waals surface area contributed by atoms with Crippen molar-refractivity contribution in [3.8, 4) is 0 Å². The molecule has 166 valence electrons. The normalized spacial score (nSPS) is 18.1. The molecule has 0 radical (unpaired) electrons. The van der Waals surface area contributed by atoms with Gasteiger partial charge in [0.15, 0.2) is 11.4 Å². The minimum absolute atomic E-state index is 0.0105. The minimum atomic E-state index is -0.103. The highest BCUT2D eigenvalue weighted by Gasteiger charge is 2.32. The molecule has 0 unspecified atom stereocenters. The zero-order chi connectivity index (χ0) is 22.2. The largest absolute Gasteiger partial charge is 0.333 e. The number of hydrogen-bond donors (Lipinski definition) is 0. The summed E-state index contributed by atoms with van der Waals surface area (Å²) >= 11 is 0. The Hall–Kier alpha value is -3.49. The van der Waals surface area contributed by atoms with Crippen LogP contribution in [0.5, 0.6) is 0 Å². The van der Waals surface area contributed by atoms with E-state index in [1.807, 2.05) is 42.0 Å². The van der Waals surface area contributed by atoms with Crippen molar-refractivity contribution in [1.82, 2.24) is 34.6 Å². The summed E-state index contributed by atoms with van der Waals surface area (Å²) in [5.74, 6) is -0.159. The molecule has 0 N–H and O–H groups in total. The zero-order valence-electron chi connectivity index (χ0n) is 18.4. The van der Waals surface area contributed by atoms with Crippen LogP contribution in [0.25, 0.3) is 0 Å². The number of fused-ring (bicyclic) bond motifs is 1. The molecule has 2 aliphatic heterocycles. The topological polar surface area (TPSA) is 89.2 Å². The van der Waals surface area contributed by atoms with Gasteiger partial charge < -0.3 is 9.80 Å². The number of benzene rings is 1. The van der Waals surface area contributed by atoms with Crippen molar-refractivity contribution in [3.63, 3.8) is 0 Å². The summed E-state index contributed by atoms with van der Waals surface area (Å²) in [5, 5.41) is 12.7. The number of carbonyl (C=O) groups excluding carboxylic acids is 2. The Bertz CT molecular complexity index is 1150. The first kappa shape index (κ1) is 20.4. The number of likely N-dealkylation sites (tertiary alicyclic amines) is 1. The first-order valence-corrected chi connectivity index (χ1v) is 11.1. The molecular formula is C23H27N7O2. The quantitative estimate of drug-likeness (QED) is 0.626. The molecule has 5 rings (SSSR count). The fourth-order valence-corrected chi connectivity index (χ4v) is 4.64. The smallest absolute Gasteiger partial charge is 0.276 e. The summed E-state index contributed by atoms with van der Waals surface area (Å²) < 4.78 is 3.40. The van der Waals surface area contributed by atoms with Crippen LogP contribution in [0.3, 0.4) is 0 Å². The molecule has 0 saturated carbocycles. The third-order valence-corrected chi connectivity index (χ3v) is 6.54. The molecule has 0 bridgehead atoms. The molecule has 4 heterocycles. The van der Waals surface area contributed by atoms with E-state index in [1.165, 1.54) is 11.1 Å². The van der Waals surface area contributed by atoms with Crippen molar-refractivity contribution in [1.29, 1.82) is 0 Å². The Morgan fingerprint density at radius 2 is 1.91 bits per heavy atom. The van der Waals surface area contributed by atoms with Gasteiger partial charge in [-0.15, -0.1) is 5.10 Å². The lowest BCUT2D eigenvalue weighted by Crippen LogP contribution is -2.38. The van der Waals surface area contributed by atoms with Crippen molar-refractivity contribution in [2.24, 2.45) is 7.05 Å². The van der Waals surface area contributed by atoms with Crippen molar-refractivity contribution in [3.05, 3.63) is 64.7 Å². The van der Waals surface area contributed by atoms with Gasteiger partial charge in [-0.3, -0.25) is 14.3 Å². The number of aryl methyl sites for hydroxylation is 2. The van der Waals surface area contributed by atoms with Crippen LogP contribution in [0.4, 0.5) is 0 Å². The van der Waals surface area contributed by atoms with E-state index in [2.05, 4.69) is 27.5 Å². The predicted molar refractivity (Wildman–Crippen MR) is 117 cm³/mol. The number of aromatic nitrogens is 5. The van der Waals surface area contributed by atoms with Gasteiger partial charge in [-0.1, -0.05) is 29.5 Å². The van der Waals surface area contributed by atoms with E-state index < -0.39 is 0 Å². The summed E-state index contributed by atoms with van der Waals surface area (Å²) in [6.45, 7) is 4.42. The van der Waals surface area contributed by atoms with Crippen molar-refractivity contribution >= 4 is 11.8 Å². The lowest BCUT2D eigenvalue weighted by Gasteiger charge is -2.28. The van der Waals surface area contributed by atoms with Gasteiger partial charge in [0, 0.05) is 32.4 Å². The fourth-order valence-electron chi connectivity index (χ4n) is 4.64. The Balaban J connectivity index is 1.26. The van der Waals surface area contributed by atoms with Gasteiger partial charge in [-0.05, 0) is 43.4 Å². The van der Waals surface area contributed by atoms with Crippen LogP contribution >= 0.6 is 0 Å². The van der Waals surface area contributed by atoms with Crippen LogP contribution in [0.15, 0.2) is 36.5 Å². The lowest BCUT2D eigenvalue weighted by atomic mass is 10.00. The summed E-state index contributed by atoms with van der Waals surface area (Å²) in [6, 6.07) is 10.1. The Kier molecular flexibility index (Phi) is 5.24. The zero-order valence-corrected chi connectivity index (χ0v) is 18.4. The SMILES string of the molecule is Cc1cc(C(=O)N2CCC[C@H]2Cn2cc(C(=O)N3CCc4ccccc4C3)nn2)nn1C. The second kappa shape index (κ2) is 8.22. The van der Waals surface area contributed by atoms with Crippen LogP contribution in [-0.2, 0) is 26.6 Å². The minimum Gasteiger partial charge on any atom is -0.333 e. The molecular weight excluding hydrogens is 406 g/mol. The van der Waals surface area contributed by atoms with Crippen LogP contribution in [0.1, 0.15) is 50.6 Å². The summed E-state index contributed by atoms with van der Waals surface area (Å²) in [7, 11) is 1.84. The maximum absolute atomic E-state index is 13.0. The van der Waals surface area contributed by atoms with E-state index in [0.29, 0.717) is 37.6 Å². The third kappa shape index (κ3) is 3.79. The molecule has 9 heteroatoms. The Morgan fingerprint density at radius 3 is 2.69 bits per heavy atom. The van der Waals surface area contributed by atoms with Gasteiger partial charge in [-0.25, -0.2) is 4.68 Å². The highest BCUT2D eigenvalue weighted by molar-refractivity contribution is 5.93. The van der Waals surface area contributed by atoms with E-state index in [1.54, 1.807) is 15.6 Å². The fraction of sp³-hybridized carbons (Fsp3) is 0.435. The van der Waals surface area contributed by atoms with E-state index in [0.717, 1.165) is 25.0 Å². The maximum Gasteiger partial charge on any atom is 0.276 e. The average molecular weight is 434 g/mol. The van der Waals surface area contributed by atoms with Crippen LogP contribution in [0.2, 0.25) is 0 Å². The van der Waals surface area contributed by atoms with Crippen molar-refractivity contribution in [2.75, 3.05) is 13.1 Å². The third-order valence-electron chi connectivity index (χ3n) is 6.54. The van der Waals surface area contributed by atoms with Crippen molar-refractivity contribution < 1.29 is 9.59 Å². The number of hydrogen-bond acceptors (Lipinski definition) is 5. The number of amides is 2. The molecule has 9 nitrogen and oxygen atoms in total. The second-order valence-corrected chi connectivity index (χ2v) is 8.66. The summed E-state index contributed by atoms with van der Waals surface area (Å²) in [5.41, 5.74) is 4.25.